The fraction of sp³-hybridized carbons (Fsp3) is 0.111. The lowest BCUT2D eigenvalue weighted by molar-refractivity contribution is 0.315. The van der Waals surface area contributed by atoms with E-state index in [0.29, 0.717) is 12.1 Å². The molecule has 0 aromatic heterocycles. The van der Waals surface area contributed by atoms with E-state index in [2.05, 4.69) is 10.3 Å². The third-order valence-corrected chi connectivity index (χ3v) is 1.56. The highest BCUT2D eigenvalue weighted by atomic mass is 16.4. The first-order valence-electron chi connectivity index (χ1n) is 3.79. The van der Waals surface area contributed by atoms with Gasteiger partial charge >= 0.3 is 0 Å². The molecule has 0 radical (unpaired) electrons. The molecular formula is C9H10N2O2. The molecule has 0 saturated carbocycles. The van der Waals surface area contributed by atoms with Gasteiger partial charge in [0.05, 0.1) is 6.21 Å². The fourth-order valence-electron chi connectivity index (χ4n) is 0.978. The van der Waals surface area contributed by atoms with Crippen LogP contribution in [0.5, 0.6) is 0 Å². The van der Waals surface area contributed by atoms with Crippen LogP contribution in [-0.4, -0.2) is 22.3 Å². The lowest BCUT2D eigenvalue weighted by Gasteiger charge is -1.97. The summed E-state index contributed by atoms with van der Waals surface area (Å²) in [5.41, 5.74) is 1.31. The van der Waals surface area contributed by atoms with Crippen molar-refractivity contribution in [2.45, 2.75) is 6.42 Å². The number of oxime groups is 2. The predicted octanol–water partition coefficient (Wildman–Crippen LogP) is 1.52. The molecule has 4 nitrogen and oxygen atoms in total. The number of rotatable bonds is 3. The van der Waals surface area contributed by atoms with Crippen molar-refractivity contribution in [1.29, 1.82) is 0 Å². The SMILES string of the molecule is O/N=C(\C=N\O)Cc1ccccc1. The molecule has 0 aliphatic carbocycles. The molecule has 1 rings (SSSR count). The predicted molar refractivity (Wildman–Crippen MR) is 49.6 cm³/mol. The molecule has 0 aliphatic rings. The highest BCUT2D eigenvalue weighted by molar-refractivity contribution is 6.30. The zero-order chi connectivity index (χ0) is 9.52. The number of nitrogens with zero attached hydrogens (tertiary/aromatic N) is 2. The van der Waals surface area contributed by atoms with Crippen LogP contribution >= 0.6 is 0 Å². The molecule has 13 heavy (non-hydrogen) atoms. The van der Waals surface area contributed by atoms with Crippen LogP contribution in [0.1, 0.15) is 5.56 Å². The second-order valence-corrected chi connectivity index (χ2v) is 2.50. The molecule has 1 aromatic carbocycles. The summed E-state index contributed by atoms with van der Waals surface area (Å²) in [5, 5.41) is 22.5. The Morgan fingerprint density at radius 1 is 1.23 bits per heavy atom. The van der Waals surface area contributed by atoms with Gasteiger partial charge in [0.2, 0.25) is 0 Å². The van der Waals surface area contributed by atoms with Crippen LogP contribution in [0.25, 0.3) is 0 Å². The Labute approximate surface area is 75.8 Å². The molecule has 0 saturated heterocycles. The average molecular weight is 178 g/mol. The minimum absolute atomic E-state index is 0.314. The molecule has 1 aromatic rings. The minimum atomic E-state index is 0.314. The van der Waals surface area contributed by atoms with Crippen LogP contribution in [-0.2, 0) is 6.42 Å². The van der Waals surface area contributed by atoms with Crippen molar-refractivity contribution in [3.63, 3.8) is 0 Å². The molecule has 2 N–H and O–H groups in total. The van der Waals surface area contributed by atoms with E-state index in [1.807, 2.05) is 30.3 Å². The van der Waals surface area contributed by atoms with E-state index in [-0.39, 0.29) is 0 Å². The molecule has 0 spiro atoms. The van der Waals surface area contributed by atoms with Gasteiger partial charge in [0, 0.05) is 6.42 Å². The van der Waals surface area contributed by atoms with Crippen molar-refractivity contribution >= 4 is 11.9 Å². The molecule has 0 bridgehead atoms. The van der Waals surface area contributed by atoms with Gasteiger partial charge in [-0.3, -0.25) is 0 Å². The third kappa shape index (κ3) is 2.94. The minimum Gasteiger partial charge on any atom is -0.411 e. The molecule has 0 heterocycles. The lowest BCUT2D eigenvalue weighted by atomic mass is 10.1. The Bertz CT molecular complexity index is 307. The van der Waals surface area contributed by atoms with Gasteiger partial charge in [0.1, 0.15) is 5.71 Å². The summed E-state index contributed by atoms with van der Waals surface area (Å²) in [5.74, 6) is 0. The van der Waals surface area contributed by atoms with E-state index in [4.69, 9.17) is 10.4 Å². The zero-order valence-electron chi connectivity index (χ0n) is 6.96. The smallest absolute Gasteiger partial charge is 0.105 e. The van der Waals surface area contributed by atoms with Crippen molar-refractivity contribution in [3.8, 4) is 0 Å². The van der Waals surface area contributed by atoms with E-state index in [1.54, 1.807) is 0 Å². The van der Waals surface area contributed by atoms with Gasteiger partial charge in [-0.2, -0.15) is 0 Å². The van der Waals surface area contributed by atoms with Crippen LogP contribution in [0.2, 0.25) is 0 Å². The van der Waals surface area contributed by atoms with Crippen LogP contribution in [0, 0.1) is 0 Å². The standard InChI is InChI=1S/C9H10N2O2/c12-10-7-9(11-13)6-8-4-2-1-3-5-8/h1-5,7,12-13H,6H2/b10-7+,11-9-. The van der Waals surface area contributed by atoms with Crippen molar-refractivity contribution in [2.75, 3.05) is 0 Å². The van der Waals surface area contributed by atoms with E-state index in [9.17, 15) is 0 Å². The van der Waals surface area contributed by atoms with Crippen LogP contribution in [0.4, 0.5) is 0 Å². The van der Waals surface area contributed by atoms with E-state index in [0.717, 1.165) is 11.8 Å². The summed E-state index contributed by atoms with van der Waals surface area (Å²) in [6.07, 6.45) is 1.55. The Kier molecular flexibility index (Phi) is 3.50. The zero-order valence-corrected chi connectivity index (χ0v) is 6.96. The first-order chi connectivity index (χ1) is 6.36. The molecule has 0 fully saturated rings. The van der Waals surface area contributed by atoms with Gasteiger partial charge < -0.3 is 10.4 Å². The summed E-state index contributed by atoms with van der Waals surface area (Å²) in [7, 11) is 0. The maximum absolute atomic E-state index is 8.50. The summed E-state index contributed by atoms with van der Waals surface area (Å²) >= 11 is 0. The quantitative estimate of drug-likeness (QED) is 0.418. The fourth-order valence-corrected chi connectivity index (χ4v) is 0.978. The van der Waals surface area contributed by atoms with E-state index in [1.165, 1.54) is 0 Å². The second-order valence-electron chi connectivity index (χ2n) is 2.50. The van der Waals surface area contributed by atoms with Crippen molar-refractivity contribution in [3.05, 3.63) is 35.9 Å². The Balaban J connectivity index is 2.68. The highest BCUT2D eigenvalue weighted by Gasteiger charge is 1.98. The monoisotopic (exact) mass is 178 g/mol. The van der Waals surface area contributed by atoms with Crippen LogP contribution in [0.15, 0.2) is 40.6 Å². The van der Waals surface area contributed by atoms with Gasteiger partial charge in [0.25, 0.3) is 0 Å². The van der Waals surface area contributed by atoms with Gasteiger partial charge in [-0.15, -0.1) is 0 Å². The number of benzene rings is 1. The largest absolute Gasteiger partial charge is 0.411 e. The Hall–Kier alpha value is -1.84. The summed E-state index contributed by atoms with van der Waals surface area (Å²) in [6.45, 7) is 0. The molecule has 0 amide bonds. The molecule has 68 valence electrons. The first-order valence-corrected chi connectivity index (χ1v) is 3.79. The van der Waals surface area contributed by atoms with Gasteiger partial charge in [0.15, 0.2) is 0 Å². The molecule has 4 heteroatoms. The summed E-state index contributed by atoms with van der Waals surface area (Å²) in [6, 6.07) is 9.48. The molecule has 0 unspecified atom stereocenters. The highest BCUT2D eigenvalue weighted by Crippen LogP contribution is 1.99. The van der Waals surface area contributed by atoms with Gasteiger partial charge in [-0.1, -0.05) is 40.6 Å². The number of hydrogen-bond acceptors (Lipinski definition) is 4. The maximum atomic E-state index is 8.50. The maximum Gasteiger partial charge on any atom is 0.105 e. The van der Waals surface area contributed by atoms with Crippen LogP contribution in [0.3, 0.4) is 0 Å². The third-order valence-electron chi connectivity index (χ3n) is 1.56. The molecular weight excluding hydrogens is 168 g/mol. The van der Waals surface area contributed by atoms with Crippen LogP contribution < -0.4 is 0 Å². The van der Waals surface area contributed by atoms with E-state index < -0.39 is 0 Å². The number of hydrogen-bond donors (Lipinski definition) is 2. The van der Waals surface area contributed by atoms with E-state index >= 15 is 0 Å². The van der Waals surface area contributed by atoms with Crippen molar-refractivity contribution < 1.29 is 10.4 Å². The second kappa shape index (κ2) is 4.92. The van der Waals surface area contributed by atoms with Gasteiger partial charge in [-0.05, 0) is 5.56 Å². The van der Waals surface area contributed by atoms with Crippen molar-refractivity contribution in [2.24, 2.45) is 10.3 Å². The average Bonchev–Trinajstić information content (AvgIpc) is 2.19. The van der Waals surface area contributed by atoms with Crippen molar-refractivity contribution in [1.82, 2.24) is 0 Å². The topological polar surface area (TPSA) is 65.2 Å². The normalized spacial score (nSPS) is 12.2. The Morgan fingerprint density at radius 2 is 1.92 bits per heavy atom. The first kappa shape index (κ1) is 9.25. The molecule has 0 aliphatic heterocycles. The summed E-state index contributed by atoms with van der Waals surface area (Å²) in [4.78, 5) is 0. The lowest BCUT2D eigenvalue weighted by Crippen LogP contribution is -2.04. The molecule has 0 atom stereocenters. The van der Waals surface area contributed by atoms with Gasteiger partial charge in [-0.25, -0.2) is 0 Å². The summed E-state index contributed by atoms with van der Waals surface area (Å²) < 4.78 is 0. The Morgan fingerprint density at radius 3 is 2.46 bits per heavy atom.